The molecule has 0 atom stereocenters. The van der Waals surface area contributed by atoms with E-state index >= 15 is 0 Å². The topological polar surface area (TPSA) is 86.1 Å². The minimum absolute atomic E-state index is 0.205. The molecule has 1 aromatic heterocycles. The number of benzene rings is 2. The van der Waals surface area contributed by atoms with Gasteiger partial charge in [-0.05, 0) is 49.6 Å². The molecule has 3 aromatic rings. The third kappa shape index (κ3) is 3.86. The van der Waals surface area contributed by atoms with Crippen LogP contribution in [-0.2, 0) is 10.0 Å². The van der Waals surface area contributed by atoms with E-state index in [1.54, 1.807) is 37.3 Å². The Morgan fingerprint density at radius 2 is 1.90 bits per heavy atom. The highest BCUT2D eigenvalue weighted by Gasteiger charge is 2.27. The maximum atomic E-state index is 14.1. The van der Waals surface area contributed by atoms with Crippen molar-refractivity contribution in [2.24, 2.45) is 0 Å². The first-order valence-corrected chi connectivity index (χ1v) is 11.2. The predicted molar refractivity (Wildman–Crippen MR) is 113 cm³/mol. The first-order valence-electron chi connectivity index (χ1n) is 9.70. The number of aromatic nitrogens is 1. The summed E-state index contributed by atoms with van der Waals surface area (Å²) < 4.78 is 42.0. The Labute approximate surface area is 175 Å². The highest BCUT2D eigenvalue weighted by Crippen LogP contribution is 2.33. The Hall–Kier alpha value is -3.02. The highest BCUT2D eigenvalue weighted by molar-refractivity contribution is 7.89. The summed E-state index contributed by atoms with van der Waals surface area (Å²) in [7, 11) is -3.58. The van der Waals surface area contributed by atoms with Crippen molar-refractivity contribution in [3.63, 3.8) is 0 Å². The number of aryl methyl sites for hydroxylation is 1. The largest absolute Gasteiger partial charge is 0.370 e. The monoisotopic (exact) mass is 424 g/mol. The van der Waals surface area contributed by atoms with Crippen LogP contribution in [0.1, 0.15) is 24.0 Å². The number of anilines is 1. The van der Waals surface area contributed by atoms with Crippen molar-refractivity contribution in [3.05, 3.63) is 65.6 Å². The van der Waals surface area contributed by atoms with Crippen LogP contribution in [-0.4, -0.2) is 32.5 Å². The first-order chi connectivity index (χ1) is 14.4. The standard InChI is InChI=1S/C22H21FN4O2S/c1-15-11-17(23)12-20-21(15)25-14-16(13-24)22(20)27-9-7-18(8-10-27)26-30(28,29)19-5-3-2-4-6-19/h2-6,11-12,14,18,26H,7-10H2,1H3. The molecule has 4 rings (SSSR count). The van der Waals surface area contributed by atoms with Crippen molar-refractivity contribution >= 4 is 26.6 Å². The van der Waals surface area contributed by atoms with Gasteiger partial charge in [-0.15, -0.1) is 0 Å². The molecule has 1 aliphatic rings. The van der Waals surface area contributed by atoms with Gasteiger partial charge in [-0.2, -0.15) is 5.26 Å². The lowest BCUT2D eigenvalue weighted by molar-refractivity contribution is 0.460. The van der Waals surface area contributed by atoms with Crippen molar-refractivity contribution in [3.8, 4) is 6.07 Å². The molecule has 0 saturated carbocycles. The van der Waals surface area contributed by atoms with E-state index in [1.165, 1.54) is 18.3 Å². The number of halogens is 1. The molecular weight excluding hydrogens is 403 g/mol. The second-order valence-corrected chi connectivity index (χ2v) is 9.16. The lowest BCUT2D eigenvalue weighted by Gasteiger charge is -2.35. The molecule has 0 unspecified atom stereocenters. The Morgan fingerprint density at radius 1 is 1.20 bits per heavy atom. The molecule has 154 valence electrons. The zero-order valence-corrected chi connectivity index (χ0v) is 17.3. The minimum atomic E-state index is -3.58. The van der Waals surface area contributed by atoms with Gasteiger partial charge < -0.3 is 4.90 Å². The first kappa shape index (κ1) is 20.3. The Bertz CT molecular complexity index is 1230. The summed E-state index contributed by atoms with van der Waals surface area (Å²) in [5.74, 6) is -0.372. The van der Waals surface area contributed by atoms with E-state index in [2.05, 4.69) is 15.8 Å². The van der Waals surface area contributed by atoms with E-state index in [1.807, 2.05) is 4.90 Å². The number of piperidine rings is 1. The van der Waals surface area contributed by atoms with Crippen LogP contribution in [0.4, 0.5) is 10.1 Å². The maximum absolute atomic E-state index is 14.1. The highest BCUT2D eigenvalue weighted by atomic mass is 32.2. The molecule has 1 fully saturated rings. The van der Waals surface area contributed by atoms with Crippen molar-refractivity contribution in [2.75, 3.05) is 18.0 Å². The Kier molecular flexibility index (Phi) is 5.41. The molecule has 1 N–H and O–H groups in total. The second-order valence-electron chi connectivity index (χ2n) is 7.45. The Balaban J connectivity index is 1.58. The van der Waals surface area contributed by atoms with Gasteiger partial charge in [0.2, 0.25) is 10.0 Å². The molecule has 0 spiro atoms. The van der Waals surface area contributed by atoms with E-state index in [9.17, 15) is 18.1 Å². The number of hydrogen-bond acceptors (Lipinski definition) is 5. The second kappa shape index (κ2) is 8.01. The Morgan fingerprint density at radius 3 is 2.57 bits per heavy atom. The normalized spacial score (nSPS) is 15.3. The fraction of sp³-hybridized carbons (Fsp3) is 0.273. The van der Waals surface area contributed by atoms with Crippen LogP contribution in [0.15, 0.2) is 53.6 Å². The van der Waals surface area contributed by atoms with Crippen molar-refractivity contribution in [2.45, 2.75) is 30.7 Å². The molecule has 0 aliphatic carbocycles. The van der Waals surface area contributed by atoms with Gasteiger partial charge in [0.25, 0.3) is 0 Å². The molecule has 30 heavy (non-hydrogen) atoms. The van der Waals surface area contributed by atoms with Crippen LogP contribution in [0, 0.1) is 24.1 Å². The van der Waals surface area contributed by atoms with E-state index in [0.29, 0.717) is 53.6 Å². The lowest BCUT2D eigenvalue weighted by Crippen LogP contribution is -2.44. The molecule has 1 aliphatic heterocycles. The molecule has 2 heterocycles. The number of nitrogens with one attached hydrogen (secondary N) is 1. The van der Waals surface area contributed by atoms with E-state index in [0.717, 1.165) is 0 Å². The van der Waals surface area contributed by atoms with E-state index < -0.39 is 10.0 Å². The summed E-state index contributed by atoms with van der Waals surface area (Å²) in [6.45, 7) is 2.88. The molecule has 0 bridgehead atoms. The fourth-order valence-electron chi connectivity index (χ4n) is 3.95. The zero-order chi connectivity index (χ0) is 21.3. The van der Waals surface area contributed by atoms with Crippen LogP contribution in [0.25, 0.3) is 10.9 Å². The predicted octanol–water partition coefficient (Wildman–Crippen LogP) is 3.50. The summed E-state index contributed by atoms with van der Waals surface area (Å²) in [6, 6.07) is 13.1. The van der Waals surface area contributed by atoms with Gasteiger partial charge in [0, 0.05) is 30.7 Å². The number of rotatable bonds is 4. The van der Waals surface area contributed by atoms with Gasteiger partial charge in [-0.25, -0.2) is 17.5 Å². The van der Waals surface area contributed by atoms with E-state index in [-0.39, 0.29) is 16.8 Å². The van der Waals surface area contributed by atoms with Crippen LogP contribution in [0.2, 0.25) is 0 Å². The van der Waals surface area contributed by atoms with Gasteiger partial charge in [-0.1, -0.05) is 18.2 Å². The van der Waals surface area contributed by atoms with Crippen LogP contribution in [0.3, 0.4) is 0 Å². The third-order valence-electron chi connectivity index (χ3n) is 5.41. The summed E-state index contributed by atoms with van der Waals surface area (Å²) in [5.41, 5.74) is 2.42. The molecule has 1 saturated heterocycles. The number of sulfonamides is 1. The van der Waals surface area contributed by atoms with Crippen molar-refractivity contribution < 1.29 is 12.8 Å². The number of nitriles is 1. The zero-order valence-electron chi connectivity index (χ0n) is 16.5. The third-order valence-corrected chi connectivity index (χ3v) is 6.94. The summed E-state index contributed by atoms with van der Waals surface area (Å²) >= 11 is 0. The van der Waals surface area contributed by atoms with Crippen LogP contribution >= 0.6 is 0 Å². The van der Waals surface area contributed by atoms with Gasteiger partial charge in [0.1, 0.15) is 11.9 Å². The molecule has 6 nitrogen and oxygen atoms in total. The van der Waals surface area contributed by atoms with Crippen LogP contribution < -0.4 is 9.62 Å². The maximum Gasteiger partial charge on any atom is 0.240 e. The van der Waals surface area contributed by atoms with Gasteiger partial charge in [0.05, 0.1) is 21.7 Å². The number of nitrogens with zero attached hydrogens (tertiary/aromatic N) is 3. The van der Waals surface area contributed by atoms with Gasteiger partial charge in [0.15, 0.2) is 0 Å². The number of fused-ring (bicyclic) bond motifs is 1. The molecular formula is C22H21FN4O2S. The number of pyridine rings is 1. The molecule has 0 amide bonds. The summed E-state index contributed by atoms with van der Waals surface area (Å²) in [4.78, 5) is 6.60. The molecule has 8 heteroatoms. The molecule has 2 aromatic carbocycles. The lowest BCUT2D eigenvalue weighted by atomic mass is 10.0. The SMILES string of the molecule is Cc1cc(F)cc2c(N3CCC(NS(=O)(=O)c4ccccc4)CC3)c(C#N)cnc12. The summed E-state index contributed by atoms with van der Waals surface area (Å²) in [6.07, 6.45) is 2.68. The fourth-order valence-corrected chi connectivity index (χ4v) is 5.28. The van der Waals surface area contributed by atoms with E-state index in [4.69, 9.17) is 0 Å². The number of hydrogen-bond donors (Lipinski definition) is 1. The summed E-state index contributed by atoms with van der Waals surface area (Å²) in [5, 5.41) is 10.2. The molecule has 0 radical (unpaired) electrons. The smallest absolute Gasteiger partial charge is 0.240 e. The minimum Gasteiger partial charge on any atom is -0.370 e. The van der Waals surface area contributed by atoms with Crippen LogP contribution in [0.5, 0.6) is 0 Å². The van der Waals surface area contributed by atoms with Crippen molar-refractivity contribution in [1.82, 2.24) is 9.71 Å². The quantitative estimate of drug-likeness (QED) is 0.693. The van der Waals surface area contributed by atoms with Crippen molar-refractivity contribution in [1.29, 1.82) is 5.26 Å². The average Bonchev–Trinajstić information content (AvgIpc) is 2.74. The van der Waals surface area contributed by atoms with Gasteiger partial charge >= 0.3 is 0 Å². The average molecular weight is 425 g/mol. The van der Waals surface area contributed by atoms with Gasteiger partial charge in [-0.3, -0.25) is 4.98 Å².